The SMILES string of the molecule is C/C=C\c1cccc(-c2ccc(C=O)cc2)c1. The van der Waals surface area contributed by atoms with Crippen LogP contribution >= 0.6 is 0 Å². The van der Waals surface area contributed by atoms with Crippen LogP contribution in [0.5, 0.6) is 0 Å². The topological polar surface area (TPSA) is 17.1 Å². The van der Waals surface area contributed by atoms with Crippen LogP contribution in [0.4, 0.5) is 0 Å². The zero-order chi connectivity index (χ0) is 12.1. The fraction of sp³-hybridized carbons (Fsp3) is 0.0625. The number of aldehydes is 1. The highest BCUT2D eigenvalue weighted by Gasteiger charge is 1.98. The molecule has 0 amide bonds. The van der Waals surface area contributed by atoms with Crippen molar-refractivity contribution in [3.05, 3.63) is 65.7 Å². The van der Waals surface area contributed by atoms with Crippen LogP contribution in [0.15, 0.2) is 54.6 Å². The minimum absolute atomic E-state index is 0.707. The van der Waals surface area contributed by atoms with Crippen LogP contribution in [0, 0.1) is 0 Å². The largest absolute Gasteiger partial charge is 0.298 e. The summed E-state index contributed by atoms with van der Waals surface area (Å²) in [6.07, 6.45) is 4.96. The van der Waals surface area contributed by atoms with Crippen molar-refractivity contribution < 1.29 is 4.79 Å². The monoisotopic (exact) mass is 222 g/mol. The average Bonchev–Trinajstić information content (AvgIpc) is 2.40. The van der Waals surface area contributed by atoms with Crippen LogP contribution in [0.2, 0.25) is 0 Å². The Bertz CT molecular complexity index is 536. The molecule has 1 nitrogen and oxygen atoms in total. The first-order valence-electron chi connectivity index (χ1n) is 5.62. The van der Waals surface area contributed by atoms with E-state index in [0.29, 0.717) is 5.56 Å². The van der Waals surface area contributed by atoms with Gasteiger partial charge in [0.05, 0.1) is 0 Å². The molecule has 0 aromatic heterocycles. The van der Waals surface area contributed by atoms with Crippen LogP contribution in [-0.4, -0.2) is 6.29 Å². The summed E-state index contributed by atoms with van der Waals surface area (Å²) in [5.74, 6) is 0. The molecule has 0 fully saturated rings. The number of carbonyl (C=O) groups excluding carboxylic acids is 1. The summed E-state index contributed by atoms with van der Waals surface area (Å²) < 4.78 is 0. The molecule has 0 saturated carbocycles. The molecule has 0 unspecified atom stereocenters. The zero-order valence-corrected chi connectivity index (χ0v) is 9.76. The number of rotatable bonds is 3. The van der Waals surface area contributed by atoms with Crippen LogP contribution in [-0.2, 0) is 0 Å². The van der Waals surface area contributed by atoms with Gasteiger partial charge in [-0.1, -0.05) is 54.6 Å². The lowest BCUT2D eigenvalue weighted by molar-refractivity contribution is 0.112. The van der Waals surface area contributed by atoms with Gasteiger partial charge in [0.15, 0.2) is 0 Å². The fourth-order valence-corrected chi connectivity index (χ4v) is 1.77. The molecule has 0 spiro atoms. The quantitative estimate of drug-likeness (QED) is 0.711. The summed E-state index contributed by atoms with van der Waals surface area (Å²) >= 11 is 0. The molecule has 0 aliphatic carbocycles. The lowest BCUT2D eigenvalue weighted by Crippen LogP contribution is -1.82. The van der Waals surface area contributed by atoms with Crippen molar-refractivity contribution in [2.24, 2.45) is 0 Å². The number of allylic oxidation sites excluding steroid dienone is 1. The molecule has 17 heavy (non-hydrogen) atoms. The Morgan fingerprint density at radius 3 is 2.29 bits per heavy atom. The molecule has 0 bridgehead atoms. The molecule has 0 saturated heterocycles. The summed E-state index contributed by atoms with van der Waals surface area (Å²) in [7, 11) is 0. The van der Waals surface area contributed by atoms with Crippen LogP contribution in [0.25, 0.3) is 17.2 Å². The third-order valence-electron chi connectivity index (χ3n) is 2.63. The number of hydrogen-bond donors (Lipinski definition) is 0. The van der Waals surface area contributed by atoms with Gasteiger partial charge in [0.1, 0.15) is 6.29 Å². The van der Waals surface area contributed by atoms with E-state index < -0.39 is 0 Å². The zero-order valence-electron chi connectivity index (χ0n) is 9.76. The van der Waals surface area contributed by atoms with E-state index in [9.17, 15) is 4.79 Å². The first-order valence-corrected chi connectivity index (χ1v) is 5.62. The van der Waals surface area contributed by atoms with Gasteiger partial charge in [-0.15, -0.1) is 0 Å². The molecular weight excluding hydrogens is 208 g/mol. The number of hydrogen-bond acceptors (Lipinski definition) is 1. The maximum atomic E-state index is 10.6. The van der Waals surface area contributed by atoms with Crippen molar-refractivity contribution in [1.29, 1.82) is 0 Å². The first kappa shape index (κ1) is 11.3. The molecular formula is C16H14O. The molecule has 0 radical (unpaired) electrons. The second kappa shape index (κ2) is 5.26. The van der Waals surface area contributed by atoms with Crippen LogP contribution in [0.3, 0.4) is 0 Å². The molecule has 2 rings (SSSR count). The maximum absolute atomic E-state index is 10.6. The van der Waals surface area contributed by atoms with Crippen molar-refractivity contribution >= 4 is 12.4 Å². The van der Waals surface area contributed by atoms with Gasteiger partial charge >= 0.3 is 0 Å². The summed E-state index contributed by atoms with van der Waals surface area (Å²) in [4.78, 5) is 10.6. The smallest absolute Gasteiger partial charge is 0.150 e. The van der Waals surface area contributed by atoms with Crippen LogP contribution in [0.1, 0.15) is 22.8 Å². The van der Waals surface area contributed by atoms with Crippen LogP contribution < -0.4 is 0 Å². The molecule has 2 aromatic carbocycles. The van der Waals surface area contributed by atoms with Gasteiger partial charge in [0.25, 0.3) is 0 Å². The minimum atomic E-state index is 0.707. The van der Waals surface area contributed by atoms with E-state index >= 15 is 0 Å². The van der Waals surface area contributed by atoms with Gasteiger partial charge < -0.3 is 0 Å². The highest BCUT2D eigenvalue weighted by atomic mass is 16.1. The Balaban J connectivity index is 2.38. The summed E-state index contributed by atoms with van der Waals surface area (Å²) in [6, 6.07) is 15.9. The minimum Gasteiger partial charge on any atom is -0.298 e. The Hall–Kier alpha value is -2.15. The summed E-state index contributed by atoms with van der Waals surface area (Å²) in [6.45, 7) is 2.01. The highest BCUT2D eigenvalue weighted by Crippen LogP contribution is 2.21. The van der Waals surface area contributed by atoms with Gasteiger partial charge in [-0.25, -0.2) is 0 Å². The van der Waals surface area contributed by atoms with E-state index in [-0.39, 0.29) is 0 Å². The molecule has 0 atom stereocenters. The predicted octanol–water partition coefficient (Wildman–Crippen LogP) is 4.20. The van der Waals surface area contributed by atoms with E-state index in [1.807, 2.05) is 43.3 Å². The van der Waals surface area contributed by atoms with Crippen molar-refractivity contribution in [3.63, 3.8) is 0 Å². The Morgan fingerprint density at radius 2 is 1.65 bits per heavy atom. The van der Waals surface area contributed by atoms with Gasteiger partial charge in [0, 0.05) is 5.56 Å². The van der Waals surface area contributed by atoms with Crippen molar-refractivity contribution in [2.45, 2.75) is 6.92 Å². The number of carbonyl (C=O) groups is 1. The Kier molecular flexibility index (Phi) is 3.51. The molecule has 0 aliphatic rings. The highest BCUT2D eigenvalue weighted by molar-refractivity contribution is 5.77. The van der Waals surface area contributed by atoms with E-state index in [0.717, 1.165) is 17.4 Å². The maximum Gasteiger partial charge on any atom is 0.150 e. The molecule has 1 heteroatoms. The first-order chi connectivity index (χ1) is 8.33. The third-order valence-corrected chi connectivity index (χ3v) is 2.63. The standard InChI is InChI=1S/C16H14O/c1-2-4-13-5-3-6-16(11-13)15-9-7-14(12-17)8-10-15/h2-12H,1H3/b4-2-. The van der Waals surface area contributed by atoms with Gasteiger partial charge in [-0.2, -0.15) is 0 Å². The Labute approximate surface area is 101 Å². The Morgan fingerprint density at radius 1 is 0.882 bits per heavy atom. The summed E-state index contributed by atoms with van der Waals surface area (Å²) in [5, 5.41) is 0. The number of benzene rings is 2. The molecule has 0 N–H and O–H groups in total. The lowest BCUT2D eigenvalue weighted by Gasteiger charge is -2.03. The predicted molar refractivity (Wildman–Crippen MR) is 72.0 cm³/mol. The van der Waals surface area contributed by atoms with E-state index in [1.54, 1.807) is 0 Å². The normalized spacial score (nSPS) is 10.6. The van der Waals surface area contributed by atoms with Crippen molar-refractivity contribution in [1.82, 2.24) is 0 Å². The second-order valence-corrected chi connectivity index (χ2v) is 3.87. The third kappa shape index (κ3) is 2.70. The van der Waals surface area contributed by atoms with E-state index in [4.69, 9.17) is 0 Å². The second-order valence-electron chi connectivity index (χ2n) is 3.87. The molecule has 0 heterocycles. The van der Waals surface area contributed by atoms with Gasteiger partial charge in [0.2, 0.25) is 0 Å². The summed E-state index contributed by atoms with van der Waals surface area (Å²) in [5.41, 5.74) is 4.18. The van der Waals surface area contributed by atoms with E-state index in [1.165, 1.54) is 5.56 Å². The van der Waals surface area contributed by atoms with E-state index in [2.05, 4.69) is 24.3 Å². The van der Waals surface area contributed by atoms with Gasteiger partial charge in [-0.05, 0) is 29.7 Å². The molecule has 84 valence electrons. The molecule has 2 aromatic rings. The fourth-order valence-electron chi connectivity index (χ4n) is 1.77. The average molecular weight is 222 g/mol. The molecule has 0 aliphatic heterocycles. The van der Waals surface area contributed by atoms with Crippen molar-refractivity contribution in [2.75, 3.05) is 0 Å². The van der Waals surface area contributed by atoms with Crippen molar-refractivity contribution in [3.8, 4) is 11.1 Å². The van der Waals surface area contributed by atoms with Gasteiger partial charge in [-0.3, -0.25) is 4.79 Å². The lowest BCUT2D eigenvalue weighted by atomic mass is 10.0.